The minimum atomic E-state index is -0.427. The smallest absolute Gasteiger partial charge is 0.248 e. The first-order valence-electron chi connectivity index (χ1n) is 7.12. The Bertz CT molecular complexity index is 618. The first-order chi connectivity index (χ1) is 10.7. The number of rotatable bonds is 6. The number of benzene rings is 1. The van der Waals surface area contributed by atoms with Crippen LogP contribution < -0.4 is 16.4 Å². The summed E-state index contributed by atoms with van der Waals surface area (Å²) in [6, 6.07) is 10.9. The predicted molar refractivity (Wildman–Crippen MR) is 85.3 cm³/mol. The third kappa shape index (κ3) is 4.66. The van der Waals surface area contributed by atoms with E-state index in [1.165, 1.54) is 0 Å². The average molecular weight is 300 g/mol. The topological polar surface area (TPSA) is 92.6 Å². The second kappa shape index (κ2) is 7.87. The van der Waals surface area contributed by atoms with Gasteiger partial charge in [-0.1, -0.05) is 12.1 Å². The zero-order valence-corrected chi connectivity index (χ0v) is 12.5. The largest absolute Gasteiger partial charge is 0.467 e. The highest BCUT2D eigenvalue weighted by molar-refractivity contribution is 5.92. The second-order valence-electron chi connectivity index (χ2n) is 4.69. The van der Waals surface area contributed by atoms with Crippen molar-refractivity contribution in [1.29, 1.82) is 0 Å². The molecule has 0 unspecified atom stereocenters. The zero-order valence-electron chi connectivity index (χ0n) is 12.5. The molecule has 1 aromatic carbocycles. The molecule has 0 saturated heterocycles. The van der Waals surface area contributed by atoms with Gasteiger partial charge in [0.1, 0.15) is 5.76 Å². The van der Waals surface area contributed by atoms with Gasteiger partial charge >= 0.3 is 0 Å². The van der Waals surface area contributed by atoms with Crippen molar-refractivity contribution in [3.8, 4) is 0 Å². The summed E-state index contributed by atoms with van der Waals surface area (Å²) in [4.78, 5) is 15.5. The molecule has 2 rings (SSSR count). The minimum absolute atomic E-state index is 0.427. The fourth-order valence-electron chi connectivity index (χ4n) is 1.87. The molecule has 0 fully saturated rings. The van der Waals surface area contributed by atoms with Crippen LogP contribution in [-0.2, 0) is 13.1 Å². The van der Waals surface area contributed by atoms with Crippen molar-refractivity contribution in [2.24, 2.45) is 10.7 Å². The van der Waals surface area contributed by atoms with Gasteiger partial charge in [0.05, 0.1) is 19.4 Å². The maximum atomic E-state index is 11.0. The zero-order chi connectivity index (χ0) is 15.8. The molecule has 0 atom stereocenters. The van der Waals surface area contributed by atoms with Crippen LogP contribution in [-0.4, -0.2) is 18.4 Å². The average Bonchev–Trinajstić information content (AvgIpc) is 3.04. The number of furan rings is 1. The van der Waals surface area contributed by atoms with Gasteiger partial charge in [0.15, 0.2) is 5.96 Å². The summed E-state index contributed by atoms with van der Waals surface area (Å²) in [7, 11) is 0. The maximum absolute atomic E-state index is 11.0. The Balaban J connectivity index is 1.95. The molecule has 116 valence electrons. The summed E-state index contributed by atoms with van der Waals surface area (Å²) in [5.41, 5.74) is 6.71. The number of hydrogen-bond acceptors (Lipinski definition) is 3. The van der Waals surface area contributed by atoms with E-state index in [1.54, 1.807) is 18.4 Å². The van der Waals surface area contributed by atoms with Crippen molar-refractivity contribution in [2.75, 3.05) is 6.54 Å². The second-order valence-corrected chi connectivity index (χ2v) is 4.69. The molecule has 0 bridgehead atoms. The van der Waals surface area contributed by atoms with Gasteiger partial charge in [0.25, 0.3) is 0 Å². The molecular weight excluding hydrogens is 280 g/mol. The van der Waals surface area contributed by atoms with Crippen LogP contribution in [0.25, 0.3) is 0 Å². The summed E-state index contributed by atoms with van der Waals surface area (Å²) in [5.74, 6) is 1.12. The van der Waals surface area contributed by atoms with E-state index in [0.29, 0.717) is 24.6 Å². The van der Waals surface area contributed by atoms with E-state index in [-0.39, 0.29) is 0 Å². The summed E-state index contributed by atoms with van der Waals surface area (Å²) >= 11 is 0. The van der Waals surface area contributed by atoms with Crippen molar-refractivity contribution in [3.63, 3.8) is 0 Å². The van der Waals surface area contributed by atoms with Gasteiger partial charge in [0.2, 0.25) is 5.91 Å². The number of hydrogen-bond donors (Lipinski definition) is 3. The number of carbonyl (C=O) groups excluding carboxylic acids is 1. The van der Waals surface area contributed by atoms with Gasteiger partial charge in [-0.3, -0.25) is 4.79 Å². The molecule has 1 aromatic heterocycles. The fraction of sp³-hybridized carbons (Fsp3) is 0.250. The van der Waals surface area contributed by atoms with Crippen LogP contribution in [0.4, 0.5) is 0 Å². The highest BCUT2D eigenvalue weighted by Crippen LogP contribution is 2.05. The van der Waals surface area contributed by atoms with Crippen LogP contribution in [0.5, 0.6) is 0 Å². The van der Waals surface area contributed by atoms with Crippen LogP contribution in [0.2, 0.25) is 0 Å². The SMILES string of the molecule is CCNC(=NCc1ccc(C(N)=O)cc1)NCc1ccco1. The quantitative estimate of drug-likeness (QED) is 0.558. The molecule has 1 amide bonds. The summed E-state index contributed by atoms with van der Waals surface area (Å²) in [6.45, 7) is 3.85. The number of nitrogens with zero attached hydrogens (tertiary/aromatic N) is 1. The van der Waals surface area contributed by atoms with E-state index in [2.05, 4.69) is 15.6 Å². The molecule has 6 nitrogen and oxygen atoms in total. The van der Waals surface area contributed by atoms with Crippen LogP contribution in [0.15, 0.2) is 52.1 Å². The first kappa shape index (κ1) is 15.6. The Hall–Kier alpha value is -2.76. The normalized spacial score (nSPS) is 11.2. The molecule has 1 heterocycles. The molecule has 0 spiro atoms. The summed E-state index contributed by atoms with van der Waals surface area (Å²) in [5, 5.41) is 6.36. The third-order valence-corrected chi connectivity index (χ3v) is 3.01. The van der Waals surface area contributed by atoms with Gasteiger partial charge in [-0.25, -0.2) is 4.99 Å². The van der Waals surface area contributed by atoms with E-state index < -0.39 is 5.91 Å². The Morgan fingerprint density at radius 2 is 2.00 bits per heavy atom. The molecule has 0 aliphatic heterocycles. The highest BCUT2D eigenvalue weighted by Gasteiger charge is 2.02. The lowest BCUT2D eigenvalue weighted by Gasteiger charge is -2.10. The molecule has 4 N–H and O–H groups in total. The molecule has 0 aliphatic carbocycles. The molecule has 0 radical (unpaired) electrons. The number of aliphatic imine (C=N–C) groups is 1. The number of carbonyl (C=O) groups is 1. The Labute approximate surface area is 129 Å². The summed E-state index contributed by atoms with van der Waals surface area (Å²) < 4.78 is 5.27. The number of guanidine groups is 1. The Morgan fingerprint density at radius 3 is 2.59 bits per heavy atom. The molecule has 0 aliphatic rings. The van der Waals surface area contributed by atoms with Crippen molar-refractivity contribution in [2.45, 2.75) is 20.0 Å². The number of primary amides is 1. The van der Waals surface area contributed by atoms with Gasteiger partial charge < -0.3 is 20.8 Å². The number of nitrogens with two attached hydrogens (primary N) is 1. The monoisotopic (exact) mass is 300 g/mol. The maximum Gasteiger partial charge on any atom is 0.248 e. The standard InChI is InChI=1S/C16H20N4O2/c1-2-18-16(20-11-14-4-3-9-22-14)19-10-12-5-7-13(8-6-12)15(17)21/h3-9H,2,10-11H2,1H3,(H2,17,21)(H2,18,19,20). The van der Waals surface area contributed by atoms with Crippen LogP contribution in [0.1, 0.15) is 28.6 Å². The third-order valence-electron chi connectivity index (χ3n) is 3.01. The Morgan fingerprint density at radius 1 is 1.23 bits per heavy atom. The highest BCUT2D eigenvalue weighted by atomic mass is 16.3. The van der Waals surface area contributed by atoms with Crippen molar-refractivity contribution >= 4 is 11.9 Å². The fourth-order valence-corrected chi connectivity index (χ4v) is 1.87. The minimum Gasteiger partial charge on any atom is -0.467 e. The molecule has 2 aromatic rings. The van der Waals surface area contributed by atoms with E-state index >= 15 is 0 Å². The van der Waals surface area contributed by atoms with Crippen molar-refractivity contribution in [1.82, 2.24) is 10.6 Å². The Kier molecular flexibility index (Phi) is 5.59. The van der Waals surface area contributed by atoms with Crippen LogP contribution in [0.3, 0.4) is 0 Å². The van der Waals surface area contributed by atoms with E-state index in [4.69, 9.17) is 10.2 Å². The lowest BCUT2D eigenvalue weighted by Crippen LogP contribution is -2.36. The molecule has 0 saturated carbocycles. The van der Waals surface area contributed by atoms with Gasteiger partial charge in [0, 0.05) is 12.1 Å². The lowest BCUT2D eigenvalue weighted by molar-refractivity contribution is 0.100. The van der Waals surface area contributed by atoms with E-state index in [1.807, 2.05) is 31.2 Å². The predicted octanol–water partition coefficient (Wildman–Crippen LogP) is 1.63. The van der Waals surface area contributed by atoms with Crippen molar-refractivity contribution in [3.05, 3.63) is 59.5 Å². The number of amides is 1. The molecule has 22 heavy (non-hydrogen) atoms. The van der Waals surface area contributed by atoms with Gasteiger partial charge in [-0.2, -0.15) is 0 Å². The van der Waals surface area contributed by atoms with Crippen LogP contribution >= 0.6 is 0 Å². The van der Waals surface area contributed by atoms with E-state index in [0.717, 1.165) is 17.9 Å². The van der Waals surface area contributed by atoms with Crippen LogP contribution in [0, 0.1) is 0 Å². The summed E-state index contributed by atoms with van der Waals surface area (Å²) in [6.07, 6.45) is 1.64. The van der Waals surface area contributed by atoms with Gasteiger partial charge in [-0.05, 0) is 36.8 Å². The molecule has 6 heteroatoms. The lowest BCUT2D eigenvalue weighted by atomic mass is 10.1. The first-order valence-corrected chi connectivity index (χ1v) is 7.12. The molecular formula is C16H20N4O2. The van der Waals surface area contributed by atoms with E-state index in [9.17, 15) is 4.79 Å². The van der Waals surface area contributed by atoms with Gasteiger partial charge in [-0.15, -0.1) is 0 Å². The van der Waals surface area contributed by atoms with Crippen molar-refractivity contribution < 1.29 is 9.21 Å². The number of nitrogens with one attached hydrogen (secondary N) is 2.